The van der Waals surface area contributed by atoms with Crippen molar-refractivity contribution >= 4 is 17.5 Å². The van der Waals surface area contributed by atoms with Crippen molar-refractivity contribution in [2.24, 2.45) is 0 Å². The molecule has 0 saturated carbocycles. The Morgan fingerprint density at radius 2 is 1.90 bits per heavy atom. The molecule has 4 aromatic rings. The largest absolute Gasteiger partial charge is 0.495 e. The number of nitrogens with zero attached hydrogens (tertiary/aromatic N) is 9. The Hall–Kier alpha value is -5.09. The summed E-state index contributed by atoms with van der Waals surface area (Å²) in [6, 6.07) is 12.8. The van der Waals surface area contributed by atoms with Crippen LogP contribution in [0.4, 0.5) is 11.6 Å². The molecule has 1 atom stereocenters. The maximum Gasteiger partial charge on any atom is 0.253 e. The van der Waals surface area contributed by atoms with Crippen LogP contribution < -0.4 is 14.8 Å². The number of anilines is 2. The minimum Gasteiger partial charge on any atom is -0.495 e. The number of aromatic nitrogens is 6. The van der Waals surface area contributed by atoms with Crippen LogP contribution >= 0.6 is 0 Å². The van der Waals surface area contributed by atoms with E-state index in [0.29, 0.717) is 47.4 Å². The molecule has 1 fully saturated rings. The molecule has 0 bridgehead atoms. The van der Waals surface area contributed by atoms with E-state index >= 15 is 0 Å². The molecule has 3 heterocycles. The number of carbonyl (C=O) groups is 1. The van der Waals surface area contributed by atoms with Gasteiger partial charge >= 0.3 is 0 Å². The Morgan fingerprint density at radius 3 is 2.64 bits per heavy atom. The molecular formula is C29H32N10O3. The summed E-state index contributed by atoms with van der Waals surface area (Å²) < 4.78 is 13.1. The van der Waals surface area contributed by atoms with Crippen LogP contribution in [0.15, 0.2) is 55.1 Å². The Kier molecular flexibility index (Phi) is 8.84. The summed E-state index contributed by atoms with van der Waals surface area (Å²) in [5.74, 6) is 1.34. The molecule has 1 amide bonds. The average molecular weight is 569 g/mol. The van der Waals surface area contributed by atoms with E-state index in [1.807, 2.05) is 17.9 Å². The van der Waals surface area contributed by atoms with Gasteiger partial charge in [-0.05, 0) is 73.3 Å². The number of ether oxygens (including phenoxy) is 2. The van der Waals surface area contributed by atoms with Gasteiger partial charge < -0.3 is 24.6 Å². The quantitative estimate of drug-likeness (QED) is 0.318. The number of methoxy groups -OCH3 is 1. The SMILES string of the molecule is COc1ccc(C(=O)N2CCCN(C)CC2)cc1Nc1ncc(-c2ccc(C#N)c(O[C@@H](C)Cn3cnnn3)c2)cn1. The van der Waals surface area contributed by atoms with E-state index < -0.39 is 0 Å². The maximum atomic E-state index is 13.3. The molecular weight excluding hydrogens is 536 g/mol. The fourth-order valence-electron chi connectivity index (χ4n) is 4.71. The number of nitriles is 1. The molecule has 1 N–H and O–H groups in total. The lowest BCUT2D eigenvalue weighted by molar-refractivity contribution is 0.0763. The third kappa shape index (κ3) is 6.79. The molecule has 13 nitrogen and oxygen atoms in total. The number of tetrazole rings is 1. The van der Waals surface area contributed by atoms with Crippen molar-refractivity contribution < 1.29 is 14.3 Å². The predicted octanol–water partition coefficient (Wildman–Crippen LogP) is 3.00. The van der Waals surface area contributed by atoms with Gasteiger partial charge in [-0.1, -0.05) is 6.07 Å². The molecule has 2 aromatic carbocycles. The first kappa shape index (κ1) is 28.4. The topological polar surface area (TPSA) is 147 Å². The molecule has 0 spiro atoms. The molecule has 2 aromatic heterocycles. The van der Waals surface area contributed by atoms with E-state index in [4.69, 9.17) is 9.47 Å². The van der Waals surface area contributed by atoms with Gasteiger partial charge in [-0.15, -0.1) is 5.10 Å². The first-order chi connectivity index (χ1) is 20.4. The minimum atomic E-state index is -0.281. The second-order valence-electron chi connectivity index (χ2n) is 10.1. The molecule has 0 radical (unpaired) electrons. The van der Waals surface area contributed by atoms with Gasteiger partial charge in [0.25, 0.3) is 5.91 Å². The van der Waals surface area contributed by atoms with E-state index in [9.17, 15) is 10.1 Å². The molecule has 216 valence electrons. The number of hydrogen-bond acceptors (Lipinski definition) is 11. The predicted molar refractivity (Wildman–Crippen MR) is 154 cm³/mol. The minimum absolute atomic E-state index is 0.0154. The zero-order valence-corrected chi connectivity index (χ0v) is 23.8. The molecule has 0 unspecified atom stereocenters. The van der Waals surface area contributed by atoms with Gasteiger partial charge in [0.2, 0.25) is 5.95 Å². The number of carbonyl (C=O) groups excluding carboxylic acids is 1. The highest BCUT2D eigenvalue weighted by atomic mass is 16.5. The monoisotopic (exact) mass is 568 g/mol. The van der Waals surface area contributed by atoms with Gasteiger partial charge in [-0.25, -0.2) is 14.6 Å². The smallest absolute Gasteiger partial charge is 0.253 e. The van der Waals surface area contributed by atoms with Crippen molar-refractivity contribution in [3.05, 3.63) is 66.2 Å². The third-order valence-corrected chi connectivity index (χ3v) is 6.95. The summed E-state index contributed by atoms with van der Waals surface area (Å²) in [5.41, 5.74) is 3.10. The van der Waals surface area contributed by atoms with Gasteiger partial charge in [0.15, 0.2) is 0 Å². The molecule has 1 aliphatic heterocycles. The van der Waals surface area contributed by atoms with Gasteiger partial charge in [0.1, 0.15) is 30.0 Å². The lowest BCUT2D eigenvalue weighted by atomic mass is 10.1. The van der Waals surface area contributed by atoms with Gasteiger partial charge in [0, 0.05) is 43.2 Å². The van der Waals surface area contributed by atoms with Crippen LogP contribution in [-0.4, -0.2) is 92.3 Å². The van der Waals surface area contributed by atoms with E-state index in [0.717, 1.165) is 37.2 Å². The van der Waals surface area contributed by atoms with E-state index in [1.165, 1.54) is 6.33 Å². The van der Waals surface area contributed by atoms with Crippen LogP contribution in [0, 0.1) is 11.3 Å². The van der Waals surface area contributed by atoms with E-state index in [1.54, 1.807) is 54.5 Å². The Morgan fingerprint density at radius 1 is 1.07 bits per heavy atom. The van der Waals surface area contributed by atoms with Gasteiger partial charge in [0.05, 0.1) is 24.9 Å². The van der Waals surface area contributed by atoms with Crippen LogP contribution in [-0.2, 0) is 6.54 Å². The summed E-state index contributed by atoms with van der Waals surface area (Å²) >= 11 is 0. The van der Waals surface area contributed by atoms with Crippen LogP contribution in [0.1, 0.15) is 29.3 Å². The molecule has 42 heavy (non-hydrogen) atoms. The van der Waals surface area contributed by atoms with Crippen molar-refractivity contribution in [1.82, 2.24) is 40.0 Å². The highest BCUT2D eigenvalue weighted by Gasteiger charge is 2.20. The summed E-state index contributed by atoms with van der Waals surface area (Å²) in [5, 5.41) is 23.9. The normalized spacial score (nSPS) is 14.5. The lowest BCUT2D eigenvalue weighted by Gasteiger charge is -2.21. The van der Waals surface area contributed by atoms with Crippen molar-refractivity contribution in [3.8, 4) is 28.7 Å². The van der Waals surface area contributed by atoms with Crippen molar-refractivity contribution in [1.29, 1.82) is 5.26 Å². The van der Waals surface area contributed by atoms with Crippen LogP contribution in [0.25, 0.3) is 11.1 Å². The second-order valence-corrected chi connectivity index (χ2v) is 10.1. The fraction of sp³-hybridized carbons (Fsp3) is 0.345. The van der Waals surface area contributed by atoms with Crippen LogP contribution in [0.2, 0.25) is 0 Å². The first-order valence-electron chi connectivity index (χ1n) is 13.6. The summed E-state index contributed by atoms with van der Waals surface area (Å²) in [6.07, 6.45) is 5.53. The highest BCUT2D eigenvalue weighted by Crippen LogP contribution is 2.30. The number of nitrogens with one attached hydrogen (secondary N) is 1. The molecule has 13 heteroatoms. The number of amides is 1. The number of hydrogen-bond donors (Lipinski definition) is 1. The van der Waals surface area contributed by atoms with E-state index in [-0.39, 0.29) is 12.0 Å². The molecule has 5 rings (SSSR count). The van der Waals surface area contributed by atoms with Crippen LogP contribution in [0.5, 0.6) is 11.5 Å². The van der Waals surface area contributed by atoms with Gasteiger partial charge in [-0.3, -0.25) is 4.79 Å². The summed E-state index contributed by atoms with van der Waals surface area (Å²) in [4.78, 5) is 26.3. The zero-order chi connectivity index (χ0) is 29.5. The summed E-state index contributed by atoms with van der Waals surface area (Å²) in [6.45, 7) is 5.54. The standard InChI is InChI=1S/C29H32N10O3/c1-20(18-39-19-33-35-36-39)42-27-14-21(5-6-23(27)15-30)24-16-31-29(32-17-24)34-25-13-22(7-8-26(25)41-3)28(40)38-10-4-9-37(2)11-12-38/h5-8,13-14,16-17,19-20H,4,9-12,18H2,1-3H3,(H,31,32,34)/t20-/m0/s1. The van der Waals surface area contributed by atoms with Gasteiger partial charge in [-0.2, -0.15) is 5.26 Å². The Balaban J connectivity index is 1.31. The average Bonchev–Trinajstić information content (AvgIpc) is 3.42. The lowest BCUT2D eigenvalue weighted by Crippen LogP contribution is -2.34. The number of likely N-dealkylation sites (N-methyl/N-ethyl adjacent to an activating group) is 1. The maximum absolute atomic E-state index is 13.3. The second kappa shape index (κ2) is 13.0. The molecule has 0 aliphatic carbocycles. The van der Waals surface area contributed by atoms with E-state index in [2.05, 4.69) is 48.8 Å². The summed E-state index contributed by atoms with van der Waals surface area (Å²) in [7, 11) is 3.65. The zero-order valence-electron chi connectivity index (χ0n) is 23.8. The first-order valence-corrected chi connectivity index (χ1v) is 13.6. The Labute approximate surface area is 243 Å². The molecule has 1 saturated heterocycles. The molecule has 1 aliphatic rings. The van der Waals surface area contributed by atoms with Crippen LogP contribution in [0.3, 0.4) is 0 Å². The Bertz CT molecular complexity index is 1550. The highest BCUT2D eigenvalue weighted by molar-refractivity contribution is 5.96. The van der Waals surface area contributed by atoms with Crippen molar-refractivity contribution in [2.45, 2.75) is 26.0 Å². The van der Waals surface area contributed by atoms with Crippen molar-refractivity contribution in [3.63, 3.8) is 0 Å². The fourth-order valence-corrected chi connectivity index (χ4v) is 4.71. The van der Waals surface area contributed by atoms with Crippen molar-refractivity contribution in [2.75, 3.05) is 45.7 Å². The third-order valence-electron chi connectivity index (χ3n) is 6.95. The number of rotatable bonds is 9. The number of benzene rings is 2.